The lowest BCUT2D eigenvalue weighted by Crippen LogP contribution is -2.41. The largest absolute Gasteiger partial charge is 0.378 e. The van der Waals surface area contributed by atoms with Crippen LogP contribution < -0.4 is 0 Å². The zero-order valence-corrected chi connectivity index (χ0v) is 7.64. The molecular formula is C10H16O2. The third kappa shape index (κ3) is 1.95. The second-order valence-corrected chi connectivity index (χ2v) is 3.45. The first-order chi connectivity index (χ1) is 5.72. The fourth-order valence-corrected chi connectivity index (χ4v) is 1.62. The molecule has 1 fully saturated rings. The van der Waals surface area contributed by atoms with Crippen molar-refractivity contribution in [2.24, 2.45) is 0 Å². The van der Waals surface area contributed by atoms with E-state index in [1.165, 1.54) is 6.42 Å². The van der Waals surface area contributed by atoms with Gasteiger partial charge in [0.15, 0.2) is 0 Å². The van der Waals surface area contributed by atoms with Crippen molar-refractivity contribution >= 4 is 5.78 Å². The fourth-order valence-electron chi connectivity index (χ4n) is 1.62. The third-order valence-electron chi connectivity index (χ3n) is 2.59. The molecule has 68 valence electrons. The minimum atomic E-state index is -0.111. The molecule has 0 aromatic rings. The van der Waals surface area contributed by atoms with Gasteiger partial charge >= 0.3 is 0 Å². The van der Waals surface area contributed by atoms with Crippen molar-refractivity contribution in [3.63, 3.8) is 0 Å². The molecule has 0 amide bonds. The maximum absolute atomic E-state index is 11.3. The highest BCUT2D eigenvalue weighted by atomic mass is 16.5. The zero-order valence-electron chi connectivity index (χ0n) is 7.64. The Morgan fingerprint density at radius 3 is 2.67 bits per heavy atom. The standard InChI is InChI=1S/C10H16O2/c1-3-5-9(11)8-10(12-2)6-4-7-10/h3H,1,4-8H2,2H3. The molecule has 0 bridgehead atoms. The first kappa shape index (κ1) is 9.46. The minimum absolute atomic E-state index is 0.111. The van der Waals surface area contributed by atoms with E-state index in [1.807, 2.05) is 0 Å². The van der Waals surface area contributed by atoms with Crippen molar-refractivity contribution in [3.8, 4) is 0 Å². The van der Waals surface area contributed by atoms with Crippen LogP contribution in [0.2, 0.25) is 0 Å². The monoisotopic (exact) mass is 168 g/mol. The Morgan fingerprint density at radius 1 is 1.67 bits per heavy atom. The second-order valence-electron chi connectivity index (χ2n) is 3.45. The number of allylic oxidation sites excluding steroid dienone is 1. The Hall–Kier alpha value is -0.630. The summed E-state index contributed by atoms with van der Waals surface area (Å²) in [4.78, 5) is 11.3. The van der Waals surface area contributed by atoms with Crippen LogP contribution in [-0.2, 0) is 9.53 Å². The molecule has 0 aromatic carbocycles. The number of ether oxygens (including phenoxy) is 1. The van der Waals surface area contributed by atoms with E-state index < -0.39 is 0 Å². The fraction of sp³-hybridized carbons (Fsp3) is 0.700. The van der Waals surface area contributed by atoms with Gasteiger partial charge in [0, 0.05) is 20.0 Å². The number of carbonyl (C=O) groups excluding carboxylic acids is 1. The Bertz CT molecular complexity index is 175. The molecule has 0 heterocycles. The topological polar surface area (TPSA) is 26.3 Å². The van der Waals surface area contributed by atoms with Crippen LogP contribution in [0.15, 0.2) is 12.7 Å². The second kappa shape index (κ2) is 3.85. The van der Waals surface area contributed by atoms with E-state index in [0.717, 1.165) is 12.8 Å². The van der Waals surface area contributed by atoms with E-state index in [0.29, 0.717) is 12.8 Å². The van der Waals surface area contributed by atoms with Gasteiger partial charge in [0.25, 0.3) is 0 Å². The molecule has 2 heteroatoms. The van der Waals surface area contributed by atoms with Crippen molar-refractivity contribution < 1.29 is 9.53 Å². The van der Waals surface area contributed by atoms with Crippen LogP contribution in [-0.4, -0.2) is 18.5 Å². The first-order valence-electron chi connectivity index (χ1n) is 4.40. The average Bonchev–Trinajstić information content (AvgIpc) is 1.97. The summed E-state index contributed by atoms with van der Waals surface area (Å²) in [6.45, 7) is 3.54. The lowest BCUT2D eigenvalue weighted by molar-refractivity contribution is -0.131. The highest BCUT2D eigenvalue weighted by Crippen LogP contribution is 2.38. The van der Waals surface area contributed by atoms with Crippen LogP contribution in [0.3, 0.4) is 0 Å². The van der Waals surface area contributed by atoms with Crippen molar-refractivity contribution in [1.82, 2.24) is 0 Å². The molecule has 1 rings (SSSR count). The van der Waals surface area contributed by atoms with E-state index in [-0.39, 0.29) is 11.4 Å². The summed E-state index contributed by atoms with van der Waals surface area (Å²) in [5.41, 5.74) is -0.111. The predicted molar refractivity (Wildman–Crippen MR) is 48.0 cm³/mol. The Kier molecular flexibility index (Phi) is 3.04. The molecule has 1 aliphatic rings. The molecule has 12 heavy (non-hydrogen) atoms. The molecule has 0 aromatic heterocycles. The number of rotatable bonds is 5. The molecule has 2 nitrogen and oxygen atoms in total. The molecule has 0 saturated heterocycles. The van der Waals surface area contributed by atoms with E-state index >= 15 is 0 Å². The van der Waals surface area contributed by atoms with Gasteiger partial charge in [-0.2, -0.15) is 0 Å². The van der Waals surface area contributed by atoms with Crippen LogP contribution in [0.5, 0.6) is 0 Å². The van der Waals surface area contributed by atoms with Crippen LogP contribution in [0.1, 0.15) is 32.1 Å². The number of ketones is 1. The first-order valence-corrected chi connectivity index (χ1v) is 4.40. The van der Waals surface area contributed by atoms with Gasteiger partial charge in [-0.15, -0.1) is 6.58 Å². The number of Topliss-reactive ketones (excluding diaryl/α,β-unsaturated/α-hetero) is 1. The smallest absolute Gasteiger partial charge is 0.139 e. The minimum Gasteiger partial charge on any atom is -0.378 e. The van der Waals surface area contributed by atoms with Gasteiger partial charge in [0.2, 0.25) is 0 Å². The van der Waals surface area contributed by atoms with Crippen molar-refractivity contribution in [1.29, 1.82) is 0 Å². The lowest BCUT2D eigenvalue weighted by atomic mass is 9.76. The molecule has 0 atom stereocenters. The number of hydrogen-bond donors (Lipinski definition) is 0. The summed E-state index contributed by atoms with van der Waals surface area (Å²) in [7, 11) is 1.69. The van der Waals surface area contributed by atoms with Gasteiger partial charge in [-0.3, -0.25) is 4.79 Å². The van der Waals surface area contributed by atoms with Crippen molar-refractivity contribution in [3.05, 3.63) is 12.7 Å². The van der Waals surface area contributed by atoms with Crippen LogP contribution >= 0.6 is 0 Å². The van der Waals surface area contributed by atoms with Crippen LogP contribution in [0.25, 0.3) is 0 Å². The van der Waals surface area contributed by atoms with E-state index in [1.54, 1.807) is 13.2 Å². The molecule has 0 N–H and O–H groups in total. The van der Waals surface area contributed by atoms with Gasteiger partial charge in [-0.25, -0.2) is 0 Å². The van der Waals surface area contributed by atoms with Crippen LogP contribution in [0.4, 0.5) is 0 Å². The highest BCUT2D eigenvalue weighted by molar-refractivity contribution is 5.80. The van der Waals surface area contributed by atoms with Crippen molar-refractivity contribution in [2.75, 3.05) is 7.11 Å². The Labute approximate surface area is 73.6 Å². The summed E-state index contributed by atoms with van der Waals surface area (Å²) in [6, 6.07) is 0. The SMILES string of the molecule is C=CCC(=O)CC1(OC)CCC1. The summed E-state index contributed by atoms with van der Waals surface area (Å²) >= 11 is 0. The van der Waals surface area contributed by atoms with E-state index in [4.69, 9.17) is 4.74 Å². The van der Waals surface area contributed by atoms with E-state index in [9.17, 15) is 4.79 Å². The van der Waals surface area contributed by atoms with Gasteiger partial charge in [0.1, 0.15) is 5.78 Å². The van der Waals surface area contributed by atoms with Gasteiger partial charge in [-0.1, -0.05) is 6.08 Å². The average molecular weight is 168 g/mol. The van der Waals surface area contributed by atoms with Gasteiger partial charge < -0.3 is 4.74 Å². The molecular weight excluding hydrogens is 152 g/mol. The summed E-state index contributed by atoms with van der Waals surface area (Å²) in [5.74, 6) is 0.242. The normalized spacial score (nSPS) is 19.8. The quantitative estimate of drug-likeness (QED) is 0.587. The maximum Gasteiger partial charge on any atom is 0.139 e. The molecule has 1 aliphatic carbocycles. The number of hydrogen-bond acceptors (Lipinski definition) is 2. The maximum atomic E-state index is 11.3. The van der Waals surface area contributed by atoms with Crippen molar-refractivity contribution in [2.45, 2.75) is 37.7 Å². The Morgan fingerprint density at radius 2 is 2.33 bits per heavy atom. The lowest BCUT2D eigenvalue weighted by Gasteiger charge is -2.39. The summed E-state index contributed by atoms with van der Waals surface area (Å²) in [6.07, 6.45) is 5.96. The molecule has 0 aliphatic heterocycles. The van der Waals surface area contributed by atoms with Gasteiger partial charge in [0.05, 0.1) is 5.60 Å². The molecule has 0 spiro atoms. The molecule has 0 unspecified atom stereocenters. The highest BCUT2D eigenvalue weighted by Gasteiger charge is 2.38. The molecule has 1 saturated carbocycles. The summed E-state index contributed by atoms with van der Waals surface area (Å²) < 4.78 is 5.34. The number of carbonyl (C=O) groups is 1. The van der Waals surface area contributed by atoms with Gasteiger partial charge in [-0.05, 0) is 19.3 Å². The number of methoxy groups -OCH3 is 1. The van der Waals surface area contributed by atoms with Crippen LogP contribution in [0, 0.1) is 0 Å². The Balaban J connectivity index is 2.37. The summed E-state index contributed by atoms with van der Waals surface area (Å²) in [5, 5.41) is 0. The van der Waals surface area contributed by atoms with E-state index in [2.05, 4.69) is 6.58 Å². The third-order valence-corrected chi connectivity index (χ3v) is 2.59. The predicted octanol–water partition coefficient (Wildman–Crippen LogP) is 2.09. The zero-order chi connectivity index (χ0) is 9.03. The molecule has 0 radical (unpaired) electrons.